The van der Waals surface area contributed by atoms with Gasteiger partial charge in [0.05, 0.1) is 5.69 Å². The van der Waals surface area contributed by atoms with Crippen molar-refractivity contribution in [1.29, 1.82) is 0 Å². The van der Waals surface area contributed by atoms with Gasteiger partial charge in [-0.3, -0.25) is 0 Å². The zero-order chi connectivity index (χ0) is 12.4. The minimum absolute atomic E-state index is 0.618. The van der Waals surface area contributed by atoms with E-state index in [1.807, 2.05) is 0 Å². The maximum Gasteiger partial charge on any atom is 0.186 e. The van der Waals surface area contributed by atoms with Gasteiger partial charge in [-0.15, -0.1) is 11.3 Å². The van der Waals surface area contributed by atoms with E-state index in [9.17, 15) is 0 Å². The van der Waals surface area contributed by atoms with Gasteiger partial charge in [0.15, 0.2) is 5.13 Å². The quantitative estimate of drug-likeness (QED) is 0.900. The molecule has 96 valence electrons. The van der Waals surface area contributed by atoms with Gasteiger partial charge in [-0.1, -0.05) is 13.8 Å². The summed E-state index contributed by atoms with van der Waals surface area (Å²) in [5.41, 5.74) is 6.98. The van der Waals surface area contributed by atoms with Gasteiger partial charge in [-0.2, -0.15) is 0 Å². The highest BCUT2D eigenvalue weighted by Gasteiger charge is 2.25. The van der Waals surface area contributed by atoms with E-state index >= 15 is 0 Å². The van der Waals surface area contributed by atoms with E-state index in [0.29, 0.717) is 12.6 Å². The van der Waals surface area contributed by atoms with Crippen LogP contribution in [0.15, 0.2) is 0 Å². The second-order valence-electron chi connectivity index (χ2n) is 5.11. The number of aromatic nitrogens is 1. The molecular formula is C13H23N3S. The minimum Gasteiger partial charge on any atom is -0.345 e. The summed E-state index contributed by atoms with van der Waals surface area (Å²) in [5, 5.41) is 1.18. The van der Waals surface area contributed by atoms with Crippen LogP contribution in [0.1, 0.15) is 44.2 Å². The third-order valence-electron chi connectivity index (χ3n) is 3.65. The van der Waals surface area contributed by atoms with Gasteiger partial charge in [-0.05, 0) is 32.1 Å². The number of nitrogens with two attached hydrogens (primary N) is 1. The summed E-state index contributed by atoms with van der Waals surface area (Å²) in [6.07, 6.45) is 3.61. The molecule has 0 saturated carbocycles. The van der Waals surface area contributed by atoms with Crippen molar-refractivity contribution in [2.75, 3.05) is 11.4 Å². The molecule has 1 aliphatic heterocycles. The first kappa shape index (κ1) is 12.8. The van der Waals surface area contributed by atoms with Gasteiger partial charge in [0.2, 0.25) is 0 Å². The van der Waals surface area contributed by atoms with Crippen LogP contribution < -0.4 is 10.6 Å². The Hall–Kier alpha value is -0.610. The lowest BCUT2D eigenvalue weighted by atomic mass is 9.96. The van der Waals surface area contributed by atoms with E-state index in [0.717, 1.165) is 18.9 Å². The van der Waals surface area contributed by atoms with Crippen molar-refractivity contribution in [2.45, 2.75) is 52.6 Å². The van der Waals surface area contributed by atoms with Crippen LogP contribution in [0.25, 0.3) is 0 Å². The molecule has 1 saturated heterocycles. The van der Waals surface area contributed by atoms with E-state index in [-0.39, 0.29) is 0 Å². The molecular weight excluding hydrogens is 230 g/mol. The van der Waals surface area contributed by atoms with Crippen molar-refractivity contribution in [1.82, 2.24) is 4.98 Å². The van der Waals surface area contributed by atoms with Crippen molar-refractivity contribution in [3.63, 3.8) is 0 Å². The molecule has 2 heterocycles. The highest BCUT2D eigenvalue weighted by Crippen LogP contribution is 2.32. The van der Waals surface area contributed by atoms with E-state index in [2.05, 4.69) is 25.7 Å². The smallest absolute Gasteiger partial charge is 0.186 e. The first-order chi connectivity index (χ1) is 8.15. The van der Waals surface area contributed by atoms with Crippen LogP contribution in [0, 0.1) is 5.92 Å². The van der Waals surface area contributed by atoms with Crippen LogP contribution in [0.5, 0.6) is 0 Å². The largest absolute Gasteiger partial charge is 0.345 e. The number of aryl methyl sites for hydroxylation is 1. The third-order valence-corrected chi connectivity index (χ3v) is 4.81. The van der Waals surface area contributed by atoms with Gasteiger partial charge < -0.3 is 10.6 Å². The number of hydrogen-bond donors (Lipinski definition) is 1. The molecule has 1 fully saturated rings. The van der Waals surface area contributed by atoms with E-state index in [4.69, 9.17) is 10.7 Å². The summed E-state index contributed by atoms with van der Waals surface area (Å²) in [7, 11) is 0. The maximum absolute atomic E-state index is 5.78. The molecule has 17 heavy (non-hydrogen) atoms. The molecule has 0 radical (unpaired) electrons. The Kier molecular flexibility index (Phi) is 4.05. The second kappa shape index (κ2) is 5.36. The fourth-order valence-electron chi connectivity index (χ4n) is 2.48. The summed E-state index contributed by atoms with van der Waals surface area (Å²) >= 11 is 1.79. The lowest BCUT2D eigenvalue weighted by molar-refractivity contribution is 0.390. The molecule has 0 bridgehead atoms. The fourth-order valence-corrected chi connectivity index (χ4v) is 3.62. The Morgan fingerprint density at radius 3 is 2.76 bits per heavy atom. The van der Waals surface area contributed by atoms with Crippen LogP contribution in [0.2, 0.25) is 0 Å². The molecule has 0 aromatic carbocycles. The number of nitrogens with zero attached hydrogens (tertiary/aromatic N) is 2. The SMILES string of the molecule is CCc1nc(N2CC(C)CCC2C)sc1CN. The molecule has 0 spiro atoms. The zero-order valence-electron chi connectivity index (χ0n) is 11.1. The first-order valence-electron chi connectivity index (χ1n) is 6.61. The molecule has 2 rings (SSSR count). The Morgan fingerprint density at radius 2 is 2.18 bits per heavy atom. The van der Waals surface area contributed by atoms with Crippen LogP contribution in [0.4, 0.5) is 5.13 Å². The van der Waals surface area contributed by atoms with Crippen LogP contribution in [-0.4, -0.2) is 17.6 Å². The van der Waals surface area contributed by atoms with Gasteiger partial charge in [0.25, 0.3) is 0 Å². The van der Waals surface area contributed by atoms with Crippen molar-refractivity contribution >= 4 is 16.5 Å². The average Bonchev–Trinajstić information content (AvgIpc) is 2.75. The zero-order valence-corrected chi connectivity index (χ0v) is 11.9. The Labute approximate surface area is 108 Å². The Bertz CT molecular complexity index is 353. The molecule has 1 aromatic rings. The van der Waals surface area contributed by atoms with Crippen molar-refractivity contribution in [3.05, 3.63) is 10.6 Å². The predicted octanol–water partition coefficient (Wildman–Crippen LogP) is 2.79. The Balaban J connectivity index is 2.23. The van der Waals surface area contributed by atoms with E-state index in [1.165, 1.54) is 28.5 Å². The highest BCUT2D eigenvalue weighted by atomic mass is 32.1. The molecule has 2 atom stereocenters. The summed E-state index contributed by atoms with van der Waals surface area (Å²) in [6.45, 7) is 8.55. The fraction of sp³-hybridized carbons (Fsp3) is 0.769. The standard InChI is InChI=1S/C13H23N3S/c1-4-11-12(7-14)17-13(15-11)16-8-9(2)5-6-10(16)3/h9-10H,4-8,14H2,1-3H3. The van der Waals surface area contributed by atoms with Gasteiger partial charge in [0.1, 0.15) is 0 Å². The summed E-state index contributed by atoms with van der Waals surface area (Å²) in [4.78, 5) is 8.50. The molecule has 0 amide bonds. The normalized spacial score (nSPS) is 25.3. The lowest BCUT2D eigenvalue weighted by Gasteiger charge is -2.36. The molecule has 2 N–H and O–H groups in total. The van der Waals surface area contributed by atoms with Gasteiger partial charge in [0, 0.05) is 24.0 Å². The Morgan fingerprint density at radius 1 is 1.41 bits per heavy atom. The van der Waals surface area contributed by atoms with E-state index < -0.39 is 0 Å². The van der Waals surface area contributed by atoms with Crippen LogP contribution >= 0.6 is 11.3 Å². The van der Waals surface area contributed by atoms with E-state index in [1.54, 1.807) is 11.3 Å². The summed E-state index contributed by atoms with van der Waals surface area (Å²) < 4.78 is 0. The second-order valence-corrected chi connectivity index (χ2v) is 6.17. The monoisotopic (exact) mass is 253 g/mol. The lowest BCUT2D eigenvalue weighted by Crippen LogP contribution is -2.41. The van der Waals surface area contributed by atoms with Crippen LogP contribution in [0.3, 0.4) is 0 Å². The number of piperidine rings is 1. The predicted molar refractivity (Wildman–Crippen MR) is 74.6 cm³/mol. The number of anilines is 1. The number of hydrogen-bond acceptors (Lipinski definition) is 4. The third kappa shape index (κ3) is 2.63. The van der Waals surface area contributed by atoms with Crippen molar-refractivity contribution in [3.8, 4) is 0 Å². The summed E-state index contributed by atoms with van der Waals surface area (Å²) in [5.74, 6) is 0.779. The molecule has 1 aliphatic rings. The number of thiazole rings is 1. The molecule has 4 heteroatoms. The topological polar surface area (TPSA) is 42.2 Å². The summed E-state index contributed by atoms with van der Waals surface area (Å²) in [6, 6.07) is 0.618. The van der Waals surface area contributed by atoms with Gasteiger partial charge in [-0.25, -0.2) is 4.98 Å². The maximum atomic E-state index is 5.78. The van der Waals surface area contributed by atoms with Crippen molar-refractivity contribution < 1.29 is 0 Å². The average molecular weight is 253 g/mol. The van der Waals surface area contributed by atoms with Crippen LogP contribution in [-0.2, 0) is 13.0 Å². The molecule has 1 aromatic heterocycles. The minimum atomic E-state index is 0.618. The highest BCUT2D eigenvalue weighted by molar-refractivity contribution is 7.15. The number of rotatable bonds is 3. The molecule has 3 nitrogen and oxygen atoms in total. The molecule has 2 unspecified atom stereocenters. The molecule has 0 aliphatic carbocycles. The first-order valence-corrected chi connectivity index (χ1v) is 7.42. The van der Waals surface area contributed by atoms with Gasteiger partial charge >= 0.3 is 0 Å². The van der Waals surface area contributed by atoms with Crippen molar-refractivity contribution in [2.24, 2.45) is 11.7 Å².